The molecular formula is C14H18BrN3OS. The molecular weight excluding hydrogens is 338 g/mol. The van der Waals surface area contributed by atoms with Crippen molar-refractivity contribution in [2.24, 2.45) is 5.73 Å². The van der Waals surface area contributed by atoms with Gasteiger partial charge < -0.3 is 10.3 Å². The first-order valence-corrected chi connectivity index (χ1v) is 8.57. The zero-order valence-corrected chi connectivity index (χ0v) is 14.2. The highest BCUT2D eigenvalue weighted by Crippen LogP contribution is 2.27. The number of rotatable bonds is 5. The summed E-state index contributed by atoms with van der Waals surface area (Å²) in [4.78, 5) is 4.42. The molecule has 6 heteroatoms. The monoisotopic (exact) mass is 355 g/mol. The number of hydrogen-bond acceptors (Lipinski definition) is 5. The fourth-order valence-corrected chi connectivity index (χ4v) is 2.66. The minimum absolute atomic E-state index is 0.193. The summed E-state index contributed by atoms with van der Waals surface area (Å²) in [7, 11) is 0. The molecule has 0 saturated carbocycles. The van der Waals surface area contributed by atoms with Gasteiger partial charge in [-0.3, -0.25) is 0 Å². The van der Waals surface area contributed by atoms with E-state index in [1.807, 2.05) is 26.0 Å². The van der Waals surface area contributed by atoms with E-state index in [-0.39, 0.29) is 6.04 Å². The molecule has 2 aromatic rings. The summed E-state index contributed by atoms with van der Waals surface area (Å²) >= 11 is 5.31. The molecule has 108 valence electrons. The van der Waals surface area contributed by atoms with E-state index in [2.05, 4.69) is 32.3 Å². The van der Waals surface area contributed by atoms with Crippen molar-refractivity contribution in [3.8, 4) is 11.4 Å². The fraction of sp³-hybridized carbons (Fsp3) is 0.429. The molecule has 4 nitrogen and oxygen atoms in total. The van der Waals surface area contributed by atoms with Crippen LogP contribution >= 0.6 is 27.7 Å². The van der Waals surface area contributed by atoms with Gasteiger partial charge in [0.15, 0.2) is 0 Å². The number of halogens is 1. The van der Waals surface area contributed by atoms with Gasteiger partial charge in [0.05, 0.1) is 6.04 Å². The molecule has 2 N–H and O–H groups in total. The van der Waals surface area contributed by atoms with Crippen LogP contribution in [0.1, 0.15) is 29.5 Å². The number of hydrogen-bond donors (Lipinski definition) is 1. The van der Waals surface area contributed by atoms with Crippen molar-refractivity contribution < 1.29 is 4.52 Å². The standard InChI is InChI=1S/C14H18BrN3OS/c1-8-6-10(7-9(2)12(8)15)13-17-14(19-18-13)11(16)4-5-20-3/h6-7,11H,4-5,16H2,1-3H3/t11-/m1/s1. The van der Waals surface area contributed by atoms with Gasteiger partial charge in [0.2, 0.25) is 11.7 Å². The van der Waals surface area contributed by atoms with E-state index in [1.165, 1.54) is 0 Å². The predicted octanol–water partition coefficient (Wildman–Crippen LogP) is 3.87. The molecule has 0 unspecified atom stereocenters. The first kappa shape index (κ1) is 15.5. The van der Waals surface area contributed by atoms with Crippen molar-refractivity contribution in [2.45, 2.75) is 26.3 Å². The van der Waals surface area contributed by atoms with Crippen LogP contribution in [0.15, 0.2) is 21.1 Å². The zero-order chi connectivity index (χ0) is 14.7. The third-order valence-corrected chi connectivity index (χ3v) is 4.98. The molecule has 0 aliphatic heterocycles. The van der Waals surface area contributed by atoms with Crippen molar-refractivity contribution in [1.29, 1.82) is 0 Å². The van der Waals surface area contributed by atoms with E-state index >= 15 is 0 Å². The Hall–Kier alpha value is -0.850. The average Bonchev–Trinajstić information content (AvgIpc) is 2.91. The Morgan fingerprint density at radius 2 is 2.00 bits per heavy atom. The summed E-state index contributed by atoms with van der Waals surface area (Å²) in [5, 5.41) is 4.04. The van der Waals surface area contributed by atoms with E-state index in [9.17, 15) is 0 Å². The molecule has 0 spiro atoms. The maximum atomic E-state index is 6.04. The van der Waals surface area contributed by atoms with Gasteiger partial charge in [-0.1, -0.05) is 21.1 Å². The summed E-state index contributed by atoms with van der Waals surface area (Å²) in [6.45, 7) is 4.09. The average molecular weight is 356 g/mol. The quantitative estimate of drug-likeness (QED) is 0.881. The molecule has 0 saturated heterocycles. The van der Waals surface area contributed by atoms with Gasteiger partial charge in [-0.15, -0.1) is 0 Å². The Kier molecular flexibility index (Phi) is 5.23. The van der Waals surface area contributed by atoms with Crippen molar-refractivity contribution in [1.82, 2.24) is 10.1 Å². The Labute approximate surface area is 131 Å². The van der Waals surface area contributed by atoms with Gasteiger partial charge in [-0.05, 0) is 55.5 Å². The van der Waals surface area contributed by atoms with Gasteiger partial charge in [-0.25, -0.2) is 0 Å². The largest absolute Gasteiger partial charge is 0.337 e. The zero-order valence-electron chi connectivity index (χ0n) is 11.8. The number of aromatic nitrogens is 2. The predicted molar refractivity (Wildman–Crippen MR) is 86.8 cm³/mol. The molecule has 0 aliphatic carbocycles. The van der Waals surface area contributed by atoms with E-state index < -0.39 is 0 Å². The molecule has 0 radical (unpaired) electrons. The number of thioether (sulfide) groups is 1. The van der Waals surface area contributed by atoms with Crippen LogP contribution in [0.5, 0.6) is 0 Å². The molecule has 0 amide bonds. The van der Waals surface area contributed by atoms with Gasteiger partial charge in [0.25, 0.3) is 0 Å². The Balaban J connectivity index is 2.24. The van der Waals surface area contributed by atoms with Gasteiger partial charge in [-0.2, -0.15) is 16.7 Å². The number of benzene rings is 1. The van der Waals surface area contributed by atoms with Crippen LogP contribution in [0.25, 0.3) is 11.4 Å². The fourth-order valence-electron chi connectivity index (χ4n) is 1.95. The van der Waals surface area contributed by atoms with Crippen molar-refractivity contribution in [2.75, 3.05) is 12.0 Å². The van der Waals surface area contributed by atoms with Crippen LogP contribution in [0.2, 0.25) is 0 Å². The first-order chi connectivity index (χ1) is 9.52. The Bertz CT molecular complexity index is 577. The lowest BCUT2D eigenvalue weighted by Gasteiger charge is -2.05. The minimum atomic E-state index is -0.193. The molecule has 0 bridgehead atoms. The van der Waals surface area contributed by atoms with Crippen LogP contribution < -0.4 is 5.73 Å². The lowest BCUT2D eigenvalue weighted by Crippen LogP contribution is -2.11. The normalized spacial score (nSPS) is 12.7. The molecule has 1 aromatic heterocycles. The van der Waals surface area contributed by atoms with E-state index in [0.717, 1.165) is 33.3 Å². The Morgan fingerprint density at radius 1 is 1.35 bits per heavy atom. The third kappa shape index (κ3) is 3.42. The lowest BCUT2D eigenvalue weighted by molar-refractivity contribution is 0.353. The maximum absolute atomic E-state index is 6.04. The van der Waals surface area contributed by atoms with Gasteiger partial charge in [0, 0.05) is 10.0 Å². The Morgan fingerprint density at radius 3 is 2.60 bits per heavy atom. The summed E-state index contributed by atoms with van der Waals surface area (Å²) in [5.74, 6) is 2.08. The highest BCUT2D eigenvalue weighted by molar-refractivity contribution is 9.10. The number of nitrogens with zero attached hydrogens (tertiary/aromatic N) is 2. The molecule has 20 heavy (non-hydrogen) atoms. The van der Waals surface area contributed by atoms with E-state index in [0.29, 0.717) is 11.7 Å². The van der Waals surface area contributed by atoms with E-state index in [4.69, 9.17) is 10.3 Å². The van der Waals surface area contributed by atoms with Crippen LogP contribution in [-0.4, -0.2) is 22.1 Å². The van der Waals surface area contributed by atoms with Gasteiger partial charge in [0.1, 0.15) is 0 Å². The summed E-state index contributed by atoms with van der Waals surface area (Å²) in [6, 6.07) is 3.89. The summed E-state index contributed by atoms with van der Waals surface area (Å²) in [5.41, 5.74) is 9.30. The smallest absolute Gasteiger partial charge is 0.243 e. The molecule has 0 aliphatic rings. The van der Waals surface area contributed by atoms with Crippen LogP contribution in [0, 0.1) is 13.8 Å². The minimum Gasteiger partial charge on any atom is -0.337 e. The third-order valence-electron chi connectivity index (χ3n) is 3.09. The van der Waals surface area contributed by atoms with Crippen molar-refractivity contribution in [3.63, 3.8) is 0 Å². The highest BCUT2D eigenvalue weighted by atomic mass is 79.9. The van der Waals surface area contributed by atoms with Crippen LogP contribution in [0.3, 0.4) is 0 Å². The second kappa shape index (κ2) is 6.74. The molecule has 0 fully saturated rings. The van der Waals surface area contributed by atoms with Crippen molar-refractivity contribution in [3.05, 3.63) is 33.6 Å². The van der Waals surface area contributed by atoms with Gasteiger partial charge >= 0.3 is 0 Å². The second-order valence-corrected chi connectivity index (χ2v) is 6.55. The molecule has 1 atom stereocenters. The maximum Gasteiger partial charge on any atom is 0.243 e. The summed E-state index contributed by atoms with van der Waals surface area (Å²) < 4.78 is 6.39. The molecule has 2 rings (SSSR count). The SMILES string of the molecule is CSCC[C@@H](N)c1nc(-c2cc(C)c(Br)c(C)c2)no1. The molecule has 1 aromatic carbocycles. The molecule has 1 heterocycles. The number of aryl methyl sites for hydroxylation is 2. The van der Waals surface area contributed by atoms with E-state index in [1.54, 1.807) is 11.8 Å². The number of nitrogens with two attached hydrogens (primary N) is 1. The highest BCUT2D eigenvalue weighted by Gasteiger charge is 2.16. The van der Waals surface area contributed by atoms with Crippen LogP contribution in [-0.2, 0) is 0 Å². The van der Waals surface area contributed by atoms with Crippen molar-refractivity contribution >= 4 is 27.7 Å². The summed E-state index contributed by atoms with van der Waals surface area (Å²) in [6.07, 6.45) is 2.89. The lowest BCUT2D eigenvalue weighted by atomic mass is 10.1. The second-order valence-electron chi connectivity index (χ2n) is 4.77. The van der Waals surface area contributed by atoms with Crippen LogP contribution in [0.4, 0.5) is 0 Å². The topological polar surface area (TPSA) is 64.9 Å². The first-order valence-electron chi connectivity index (χ1n) is 6.38.